The highest BCUT2D eigenvalue weighted by Crippen LogP contribution is 2.67. The van der Waals surface area contributed by atoms with E-state index in [0.717, 1.165) is 13.0 Å². The van der Waals surface area contributed by atoms with Gasteiger partial charge in [0.25, 0.3) is 0 Å². The SMILES string of the molecule is Cc1[nH]c2c(ccc3ccccc32)c1[C@@H]1[C@H](CCN)C1(C)C. The maximum absolute atomic E-state index is 5.82. The lowest BCUT2D eigenvalue weighted by molar-refractivity contribution is 0.534. The molecule has 0 aliphatic heterocycles. The highest BCUT2D eigenvalue weighted by atomic mass is 14.7. The Bertz CT molecular complexity index is 857. The zero-order valence-corrected chi connectivity index (χ0v) is 13.6. The number of hydrogen-bond donors (Lipinski definition) is 2. The van der Waals surface area contributed by atoms with Crippen molar-refractivity contribution in [2.45, 2.75) is 33.1 Å². The quantitative estimate of drug-likeness (QED) is 0.720. The third-order valence-electron chi connectivity index (χ3n) is 5.77. The van der Waals surface area contributed by atoms with Gasteiger partial charge in [-0.1, -0.05) is 50.2 Å². The summed E-state index contributed by atoms with van der Waals surface area (Å²) in [4.78, 5) is 3.66. The Morgan fingerprint density at radius 1 is 1.09 bits per heavy atom. The Hall–Kier alpha value is -1.80. The van der Waals surface area contributed by atoms with Crippen LogP contribution in [0.5, 0.6) is 0 Å². The van der Waals surface area contributed by atoms with Crippen LogP contribution in [0.1, 0.15) is 37.4 Å². The van der Waals surface area contributed by atoms with E-state index in [1.54, 1.807) is 0 Å². The topological polar surface area (TPSA) is 41.8 Å². The Kier molecular flexibility index (Phi) is 2.89. The summed E-state index contributed by atoms with van der Waals surface area (Å²) in [7, 11) is 0. The fourth-order valence-electron chi connectivity index (χ4n) is 4.52. The largest absolute Gasteiger partial charge is 0.358 e. The second-order valence-electron chi connectivity index (χ2n) is 7.36. The van der Waals surface area contributed by atoms with Gasteiger partial charge in [-0.3, -0.25) is 0 Å². The maximum atomic E-state index is 5.82. The molecular weight excluding hydrogens is 268 g/mol. The van der Waals surface area contributed by atoms with Gasteiger partial charge in [0.2, 0.25) is 0 Å². The molecule has 22 heavy (non-hydrogen) atoms. The number of nitrogens with two attached hydrogens (primary N) is 1. The van der Waals surface area contributed by atoms with Crippen molar-refractivity contribution in [2.24, 2.45) is 17.1 Å². The summed E-state index contributed by atoms with van der Waals surface area (Å²) in [5.74, 6) is 1.34. The fourth-order valence-corrected chi connectivity index (χ4v) is 4.52. The number of fused-ring (bicyclic) bond motifs is 3. The maximum Gasteiger partial charge on any atom is 0.0538 e. The first-order valence-electron chi connectivity index (χ1n) is 8.25. The van der Waals surface area contributed by atoms with Gasteiger partial charge in [-0.25, -0.2) is 0 Å². The number of nitrogens with one attached hydrogen (secondary N) is 1. The number of hydrogen-bond acceptors (Lipinski definition) is 1. The molecule has 2 aromatic carbocycles. The normalized spacial score (nSPS) is 23.3. The van der Waals surface area contributed by atoms with Crippen LogP contribution in [0.3, 0.4) is 0 Å². The molecule has 1 saturated carbocycles. The van der Waals surface area contributed by atoms with E-state index in [1.807, 2.05) is 0 Å². The summed E-state index contributed by atoms with van der Waals surface area (Å²) in [6, 6.07) is 13.2. The van der Waals surface area contributed by atoms with Crippen molar-refractivity contribution in [1.82, 2.24) is 4.98 Å². The minimum atomic E-state index is 0.366. The Morgan fingerprint density at radius 3 is 2.64 bits per heavy atom. The monoisotopic (exact) mass is 292 g/mol. The van der Waals surface area contributed by atoms with E-state index < -0.39 is 0 Å². The average Bonchev–Trinajstić information content (AvgIpc) is 2.87. The van der Waals surface area contributed by atoms with Crippen molar-refractivity contribution in [1.29, 1.82) is 0 Å². The molecule has 2 atom stereocenters. The summed E-state index contributed by atoms with van der Waals surface area (Å²) < 4.78 is 0. The number of aromatic nitrogens is 1. The van der Waals surface area contributed by atoms with Crippen LogP contribution in [0.15, 0.2) is 36.4 Å². The van der Waals surface area contributed by atoms with E-state index in [-0.39, 0.29) is 0 Å². The van der Waals surface area contributed by atoms with Gasteiger partial charge in [0.1, 0.15) is 0 Å². The molecule has 1 fully saturated rings. The molecule has 4 rings (SSSR count). The van der Waals surface area contributed by atoms with Crippen LogP contribution >= 0.6 is 0 Å². The highest BCUT2D eigenvalue weighted by Gasteiger charge is 2.58. The molecule has 0 unspecified atom stereocenters. The number of aromatic amines is 1. The van der Waals surface area contributed by atoms with Crippen LogP contribution in [0.25, 0.3) is 21.7 Å². The van der Waals surface area contributed by atoms with Crippen molar-refractivity contribution < 1.29 is 0 Å². The lowest BCUT2D eigenvalue weighted by atomic mass is 9.98. The first-order chi connectivity index (χ1) is 10.6. The van der Waals surface area contributed by atoms with Gasteiger partial charge in [-0.2, -0.15) is 0 Å². The van der Waals surface area contributed by atoms with Crippen LogP contribution in [-0.4, -0.2) is 11.5 Å². The van der Waals surface area contributed by atoms with Crippen LogP contribution in [0.2, 0.25) is 0 Å². The van der Waals surface area contributed by atoms with E-state index >= 15 is 0 Å². The van der Waals surface area contributed by atoms with Crippen LogP contribution in [0, 0.1) is 18.3 Å². The molecule has 114 valence electrons. The van der Waals surface area contributed by atoms with Crippen LogP contribution in [-0.2, 0) is 0 Å². The zero-order valence-electron chi connectivity index (χ0n) is 13.6. The zero-order chi connectivity index (χ0) is 15.5. The minimum absolute atomic E-state index is 0.366. The van der Waals surface area contributed by atoms with Crippen molar-refractivity contribution >= 4 is 21.7 Å². The molecule has 1 aromatic heterocycles. The lowest BCUT2D eigenvalue weighted by Crippen LogP contribution is -2.02. The Morgan fingerprint density at radius 2 is 1.86 bits per heavy atom. The molecular formula is C20H24N2. The van der Waals surface area contributed by atoms with Crippen LogP contribution in [0.4, 0.5) is 0 Å². The van der Waals surface area contributed by atoms with E-state index in [0.29, 0.717) is 17.3 Å². The third-order valence-corrected chi connectivity index (χ3v) is 5.77. The fraction of sp³-hybridized carbons (Fsp3) is 0.400. The standard InChI is InChI=1S/C20H24N2/c1-12-17(18-16(10-11-21)20(18,2)3)15-9-8-13-6-4-5-7-14(13)19(15)22-12/h4-9,16,18,22H,10-11,21H2,1-3H3/t16-,18-/m0/s1. The number of rotatable bonds is 3. The molecule has 1 aliphatic rings. The average molecular weight is 292 g/mol. The molecule has 0 bridgehead atoms. The lowest BCUT2D eigenvalue weighted by Gasteiger charge is -2.04. The second kappa shape index (κ2) is 4.60. The molecule has 0 amide bonds. The van der Waals surface area contributed by atoms with E-state index in [2.05, 4.69) is 62.2 Å². The molecule has 1 heterocycles. The first kappa shape index (κ1) is 13.8. The van der Waals surface area contributed by atoms with E-state index in [4.69, 9.17) is 5.73 Å². The van der Waals surface area contributed by atoms with Gasteiger partial charge in [0.15, 0.2) is 0 Å². The van der Waals surface area contributed by atoms with Crippen molar-refractivity contribution in [3.63, 3.8) is 0 Å². The van der Waals surface area contributed by atoms with Gasteiger partial charge in [-0.05, 0) is 48.1 Å². The molecule has 2 nitrogen and oxygen atoms in total. The van der Waals surface area contributed by atoms with Crippen LogP contribution < -0.4 is 5.73 Å². The second-order valence-corrected chi connectivity index (χ2v) is 7.36. The summed E-state index contributed by atoms with van der Waals surface area (Å²) >= 11 is 0. The number of benzene rings is 2. The van der Waals surface area contributed by atoms with E-state index in [1.165, 1.54) is 32.9 Å². The molecule has 1 aliphatic carbocycles. The summed E-state index contributed by atoms with van der Waals surface area (Å²) in [5, 5.41) is 4.02. The molecule has 2 heteroatoms. The Balaban J connectivity index is 1.93. The van der Waals surface area contributed by atoms with Crippen molar-refractivity contribution in [3.8, 4) is 0 Å². The summed E-state index contributed by atoms with van der Waals surface area (Å²) in [6.45, 7) is 7.78. The Labute approximate surface area is 131 Å². The van der Waals surface area contributed by atoms with Crippen molar-refractivity contribution in [2.75, 3.05) is 6.54 Å². The molecule has 3 aromatic rings. The molecule has 3 N–H and O–H groups in total. The predicted molar refractivity (Wildman–Crippen MR) is 94.2 cm³/mol. The van der Waals surface area contributed by atoms with Crippen molar-refractivity contribution in [3.05, 3.63) is 47.7 Å². The van der Waals surface area contributed by atoms with E-state index in [9.17, 15) is 0 Å². The van der Waals surface area contributed by atoms with Gasteiger partial charge < -0.3 is 10.7 Å². The predicted octanol–water partition coefficient (Wildman–Crippen LogP) is 4.72. The third kappa shape index (κ3) is 1.77. The first-order valence-corrected chi connectivity index (χ1v) is 8.25. The number of aryl methyl sites for hydroxylation is 1. The van der Waals surface area contributed by atoms with Gasteiger partial charge in [-0.15, -0.1) is 0 Å². The highest BCUT2D eigenvalue weighted by molar-refractivity contribution is 6.07. The molecule has 0 spiro atoms. The smallest absolute Gasteiger partial charge is 0.0538 e. The van der Waals surface area contributed by atoms with Gasteiger partial charge >= 0.3 is 0 Å². The van der Waals surface area contributed by atoms with Gasteiger partial charge in [0.05, 0.1) is 5.52 Å². The van der Waals surface area contributed by atoms with Gasteiger partial charge in [0, 0.05) is 16.5 Å². The molecule has 0 radical (unpaired) electrons. The molecule has 0 saturated heterocycles. The minimum Gasteiger partial charge on any atom is -0.358 e. The summed E-state index contributed by atoms with van der Waals surface area (Å²) in [6.07, 6.45) is 1.12. The summed E-state index contributed by atoms with van der Waals surface area (Å²) in [5.41, 5.74) is 10.3. The number of H-pyrrole nitrogens is 1.